The third kappa shape index (κ3) is 2.27. The number of hydrogen-bond donors (Lipinski definition) is 0. The highest BCUT2D eigenvalue weighted by Gasteiger charge is 2.14. The second-order valence-electron chi connectivity index (χ2n) is 3.98. The first-order chi connectivity index (χ1) is 6.95. The Morgan fingerprint density at radius 1 is 1.33 bits per heavy atom. The molecule has 0 aromatic heterocycles. The molecule has 80 valence electrons. The Balaban J connectivity index is 3.35. The van der Waals surface area contributed by atoms with E-state index in [2.05, 4.69) is 6.58 Å². The molecule has 1 amide bonds. The van der Waals surface area contributed by atoms with E-state index in [-0.39, 0.29) is 5.91 Å². The van der Waals surface area contributed by atoms with Crippen LogP contribution >= 0.6 is 0 Å². The van der Waals surface area contributed by atoms with Gasteiger partial charge in [-0.25, -0.2) is 0 Å². The summed E-state index contributed by atoms with van der Waals surface area (Å²) in [6.07, 6.45) is 0. The molecule has 0 bridgehead atoms. The minimum atomic E-state index is 0.0247. The number of aryl methyl sites for hydroxylation is 1. The molecule has 15 heavy (non-hydrogen) atoms. The van der Waals surface area contributed by atoms with Crippen LogP contribution in [0.25, 0.3) is 5.57 Å². The Labute approximate surface area is 91.2 Å². The van der Waals surface area contributed by atoms with Crippen LogP contribution in [0.1, 0.15) is 28.4 Å². The molecule has 2 nitrogen and oxygen atoms in total. The maximum Gasteiger partial charge on any atom is 0.253 e. The van der Waals surface area contributed by atoms with Crippen LogP contribution < -0.4 is 0 Å². The van der Waals surface area contributed by atoms with Gasteiger partial charge in [0.1, 0.15) is 0 Å². The van der Waals surface area contributed by atoms with Crippen LogP contribution in [0.2, 0.25) is 0 Å². The summed E-state index contributed by atoms with van der Waals surface area (Å²) in [5, 5.41) is 0. The molecule has 1 aromatic carbocycles. The van der Waals surface area contributed by atoms with E-state index < -0.39 is 0 Å². The Hall–Kier alpha value is -1.57. The lowest BCUT2D eigenvalue weighted by Crippen LogP contribution is -2.23. The Bertz CT molecular complexity index is 405. The number of benzene rings is 1. The second kappa shape index (κ2) is 4.30. The average Bonchev–Trinajstić information content (AvgIpc) is 2.15. The van der Waals surface area contributed by atoms with Gasteiger partial charge in [0.2, 0.25) is 0 Å². The molecular formula is C13H17NO. The van der Waals surface area contributed by atoms with Gasteiger partial charge in [-0.15, -0.1) is 0 Å². The number of nitrogens with zero attached hydrogens (tertiary/aromatic N) is 1. The molecule has 0 saturated carbocycles. The van der Waals surface area contributed by atoms with Gasteiger partial charge in [0.05, 0.1) is 0 Å². The van der Waals surface area contributed by atoms with Gasteiger partial charge in [0.25, 0.3) is 5.91 Å². The predicted octanol–water partition coefficient (Wildman–Crippen LogP) is 2.73. The van der Waals surface area contributed by atoms with E-state index in [4.69, 9.17) is 0 Å². The van der Waals surface area contributed by atoms with E-state index in [1.165, 1.54) is 0 Å². The molecule has 0 atom stereocenters. The maximum absolute atomic E-state index is 11.9. The summed E-state index contributed by atoms with van der Waals surface area (Å²) in [5.41, 5.74) is 3.72. The Morgan fingerprint density at radius 3 is 2.40 bits per heavy atom. The quantitative estimate of drug-likeness (QED) is 0.723. The lowest BCUT2D eigenvalue weighted by Gasteiger charge is -2.15. The molecule has 0 radical (unpaired) electrons. The summed E-state index contributed by atoms with van der Waals surface area (Å²) in [6.45, 7) is 7.84. The van der Waals surface area contributed by atoms with Crippen molar-refractivity contribution in [2.24, 2.45) is 0 Å². The molecule has 0 fully saturated rings. The fraction of sp³-hybridized carbons (Fsp3) is 0.308. The first-order valence-electron chi connectivity index (χ1n) is 4.92. The third-order valence-corrected chi connectivity index (χ3v) is 2.34. The topological polar surface area (TPSA) is 20.3 Å². The van der Waals surface area contributed by atoms with Crippen LogP contribution in [0.4, 0.5) is 0 Å². The Morgan fingerprint density at radius 2 is 1.93 bits per heavy atom. The number of carbonyl (C=O) groups excluding carboxylic acids is 1. The van der Waals surface area contributed by atoms with Gasteiger partial charge in [-0.3, -0.25) is 4.79 Å². The highest BCUT2D eigenvalue weighted by molar-refractivity contribution is 5.99. The van der Waals surface area contributed by atoms with Crippen molar-refractivity contribution in [3.8, 4) is 0 Å². The van der Waals surface area contributed by atoms with Crippen LogP contribution in [0, 0.1) is 6.92 Å². The first-order valence-corrected chi connectivity index (χ1v) is 4.92. The van der Waals surface area contributed by atoms with Crippen LogP contribution in [0.5, 0.6) is 0 Å². The summed E-state index contributed by atoms with van der Waals surface area (Å²) in [5.74, 6) is 0.0247. The first kappa shape index (κ1) is 11.5. The van der Waals surface area contributed by atoms with Gasteiger partial charge in [-0.1, -0.05) is 24.3 Å². The number of carbonyl (C=O) groups is 1. The van der Waals surface area contributed by atoms with E-state index in [1.807, 2.05) is 32.0 Å². The van der Waals surface area contributed by atoms with Crippen molar-refractivity contribution in [3.05, 3.63) is 41.5 Å². The van der Waals surface area contributed by atoms with E-state index in [0.29, 0.717) is 0 Å². The molecule has 0 aliphatic carbocycles. The largest absolute Gasteiger partial charge is 0.345 e. The number of amides is 1. The summed E-state index contributed by atoms with van der Waals surface area (Å²) in [7, 11) is 3.51. The molecule has 2 heteroatoms. The molecule has 1 aromatic rings. The van der Waals surface area contributed by atoms with Crippen molar-refractivity contribution < 1.29 is 4.79 Å². The zero-order valence-electron chi connectivity index (χ0n) is 9.79. The van der Waals surface area contributed by atoms with Gasteiger partial charge < -0.3 is 4.90 Å². The second-order valence-corrected chi connectivity index (χ2v) is 3.98. The zero-order valence-corrected chi connectivity index (χ0v) is 9.79. The monoisotopic (exact) mass is 203 g/mol. The van der Waals surface area contributed by atoms with Crippen LogP contribution in [0.15, 0.2) is 24.8 Å². The van der Waals surface area contributed by atoms with Crippen LogP contribution in [0.3, 0.4) is 0 Å². The predicted molar refractivity (Wildman–Crippen MR) is 63.9 cm³/mol. The summed E-state index contributed by atoms with van der Waals surface area (Å²) >= 11 is 0. The van der Waals surface area contributed by atoms with Crippen molar-refractivity contribution >= 4 is 11.5 Å². The van der Waals surface area contributed by atoms with Gasteiger partial charge in [0.15, 0.2) is 0 Å². The van der Waals surface area contributed by atoms with Crippen LogP contribution in [-0.2, 0) is 0 Å². The highest BCUT2D eigenvalue weighted by Crippen LogP contribution is 2.22. The molecule has 0 spiro atoms. The summed E-state index contributed by atoms with van der Waals surface area (Å²) in [4.78, 5) is 13.5. The van der Waals surface area contributed by atoms with E-state index in [9.17, 15) is 4.79 Å². The number of hydrogen-bond acceptors (Lipinski definition) is 1. The SMILES string of the molecule is C=C(C)c1c(C)cccc1C(=O)N(C)C. The van der Waals surface area contributed by atoms with Gasteiger partial charge in [0, 0.05) is 19.7 Å². The normalized spacial score (nSPS) is 9.87. The van der Waals surface area contributed by atoms with Crippen LogP contribution in [-0.4, -0.2) is 24.9 Å². The van der Waals surface area contributed by atoms with E-state index in [1.54, 1.807) is 19.0 Å². The smallest absolute Gasteiger partial charge is 0.253 e. The van der Waals surface area contributed by atoms with Crippen molar-refractivity contribution in [1.82, 2.24) is 4.90 Å². The maximum atomic E-state index is 11.9. The molecule has 0 aliphatic rings. The lowest BCUT2D eigenvalue weighted by molar-refractivity contribution is 0.0827. The minimum absolute atomic E-state index is 0.0247. The lowest BCUT2D eigenvalue weighted by atomic mass is 9.96. The zero-order chi connectivity index (χ0) is 11.6. The summed E-state index contributed by atoms with van der Waals surface area (Å²) < 4.78 is 0. The third-order valence-electron chi connectivity index (χ3n) is 2.34. The standard InChI is InChI=1S/C13H17NO/c1-9(2)12-10(3)7-6-8-11(12)13(15)14(4)5/h6-8H,1H2,2-5H3. The minimum Gasteiger partial charge on any atom is -0.345 e. The molecule has 0 heterocycles. The Kier molecular flexibility index (Phi) is 3.30. The molecule has 0 unspecified atom stereocenters. The molecule has 0 N–H and O–H groups in total. The fourth-order valence-corrected chi connectivity index (χ4v) is 1.65. The molecule has 0 saturated heterocycles. The highest BCUT2D eigenvalue weighted by atomic mass is 16.2. The van der Waals surface area contributed by atoms with Crippen molar-refractivity contribution in [3.63, 3.8) is 0 Å². The number of rotatable bonds is 2. The molecule has 0 aliphatic heterocycles. The fourth-order valence-electron chi connectivity index (χ4n) is 1.65. The van der Waals surface area contributed by atoms with Gasteiger partial charge in [-0.05, 0) is 31.0 Å². The van der Waals surface area contributed by atoms with Gasteiger partial charge >= 0.3 is 0 Å². The average molecular weight is 203 g/mol. The number of allylic oxidation sites excluding steroid dienone is 1. The molecular weight excluding hydrogens is 186 g/mol. The molecule has 1 rings (SSSR count). The van der Waals surface area contributed by atoms with Gasteiger partial charge in [-0.2, -0.15) is 0 Å². The van der Waals surface area contributed by atoms with E-state index in [0.717, 1.165) is 22.3 Å². The van der Waals surface area contributed by atoms with Crippen molar-refractivity contribution in [2.75, 3.05) is 14.1 Å². The van der Waals surface area contributed by atoms with E-state index >= 15 is 0 Å². The van der Waals surface area contributed by atoms with Crippen molar-refractivity contribution in [2.45, 2.75) is 13.8 Å². The summed E-state index contributed by atoms with van der Waals surface area (Å²) in [6, 6.07) is 5.74. The van der Waals surface area contributed by atoms with Crippen molar-refractivity contribution in [1.29, 1.82) is 0 Å².